The van der Waals surface area contributed by atoms with Crippen LogP contribution in [0.15, 0.2) is 60.7 Å². The van der Waals surface area contributed by atoms with Gasteiger partial charge in [0.2, 0.25) is 6.79 Å². The van der Waals surface area contributed by atoms with Crippen molar-refractivity contribution in [3.8, 4) is 17.2 Å². The molecule has 3 aromatic rings. The molecule has 152 valence electrons. The Morgan fingerprint density at radius 1 is 1.10 bits per heavy atom. The van der Waals surface area contributed by atoms with E-state index in [0.717, 1.165) is 26.3 Å². The molecule has 6 nitrogen and oxygen atoms in total. The lowest BCUT2D eigenvalue weighted by Gasteiger charge is -2.38. The Balaban J connectivity index is 1.63. The average Bonchev–Trinajstić information content (AvgIpc) is 3.22. The van der Waals surface area contributed by atoms with Gasteiger partial charge in [-0.1, -0.05) is 12.1 Å². The zero-order valence-corrected chi connectivity index (χ0v) is 18.4. The highest BCUT2D eigenvalue weighted by molar-refractivity contribution is 14.1. The molecule has 0 saturated heterocycles. The van der Waals surface area contributed by atoms with Crippen LogP contribution in [0, 0.1) is 3.57 Å². The molecule has 2 aliphatic rings. The molecule has 5 rings (SSSR count). The van der Waals surface area contributed by atoms with E-state index in [1.54, 1.807) is 4.90 Å². The first-order valence-electron chi connectivity index (χ1n) is 9.66. The number of ether oxygens (including phenoxy) is 3. The molecule has 1 unspecified atom stereocenters. The lowest BCUT2D eigenvalue weighted by Crippen LogP contribution is -2.43. The fourth-order valence-electron chi connectivity index (χ4n) is 3.75. The Morgan fingerprint density at radius 2 is 1.97 bits per heavy atom. The van der Waals surface area contributed by atoms with E-state index in [2.05, 4.69) is 27.9 Å². The van der Waals surface area contributed by atoms with E-state index in [9.17, 15) is 4.79 Å². The van der Waals surface area contributed by atoms with Crippen LogP contribution < -0.4 is 24.4 Å². The number of fused-ring (bicyclic) bond motifs is 2. The molecule has 1 N–H and O–H groups in total. The largest absolute Gasteiger partial charge is 0.494 e. The Labute approximate surface area is 187 Å². The summed E-state index contributed by atoms with van der Waals surface area (Å²) in [7, 11) is 0. The molecule has 0 fully saturated rings. The molecule has 0 aliphatic carbocycles. The quantitative estimate of drug-likeness (QED) is 0.486. The average molecular weight is 514 g/mol. The van der Waals surface area contributed by atoms with E-state index in [0.29, 0.717) is 23.7 Å². The van der Waals surface area contributed by atoms with Crippen LogP contribution in [0.2, 0.25) is 0 Å². The molecule has 1 amide bonds. The van der Waals surface area contributed by atoms with Gasteiger partial charge in [0.05, 0.1) is 17.9 Å². The van der Waals surface area contributed by atoms with Crippen LogP contribution in [0.3, 0.4) is 0 Å². The molecule has 7 heteroatoms. The van der Waals surface area contributed by atoms with Gasteiger partial charge in [0.15, 0.2) is 11.5 Å². The van der Waals surface area contributed by atoms with Gasteiger partial charge in [-0.3, -0.25) is 9.69 Å². The second-order valence-electron chi connectivity index (χ2n) is 6.96. The van der Waals surface area contributed by atoms with Crippen LogP contribution in [-0.4, -0.2) is 19.3 Å². The van der Waals surface area contributed by atoms with Crippen molar-refractivity contribution in [2.75, 3.05) is 23.6 Å². The van der Waals surface area contributed by atoms with Crippen molar-refractivity contribution in [3.63, 3.8) is 0 Å². The van der Waals surface area contributed by atoms with Crippen molar-refractivity contribution in [2.45, 2.75) is 13.1 Å². The highest BCUT2D eigenvalue weighted by atomic mass is 127. The highest BCUT2D eigenvalue weighted by Gasteiger charge is 2.35. The Hall–Kier alpha value is -2.94. The molecular formula is C23H19IN2O4. The maximum atomic E-state index is 13.6. The van der Waals surface area contributed by atoms with Crippen molar-refractivity contribution in [2.24, 2.45) is 0 Å². The van der Waals surface area contributed by atoms with Crippen LogP contribution in [0.25, 0.3) is 0 Å². The molecule has 0 bridgehead atoms. The highest BCUT2D eigenvalue weighted by Crippen LogP contribution is 2.41. The van der Waals surface area contributed by atoms with Gasteiger partial charge in [-0.15, -0.1) is 0 Å². The number of carbonyl (C=O) groups excluding carboxylic acids is 1. The van der Waals surface area contributed by atoms with Crippen molar-refractivity contribution < 1.29 is 19.0 Å². The number of carbonyl (C=O) groups is 1. The number of anilines is 2. The van der Waals surface area contributed by atoms with E-state index in [1.165, 1.54) is 0 Å². The summed E-state index contributed by atoms with van der Waals surface area (Å²) in [4.78, 5) is 15.4. The van der Waals surface area contributed by atoms with E-state index >= 15 is 0 Å². The monoisotopic (exact) mass is 514 g/mol. The first-order valence-corrected chi connectivity index (χ1v) is 10.7. The Kier molecular flexibility index (Phi) is 4.90. The number of rotatable bonds is 4. The van der Waals surface area contributed by atoms with Gasteiger partial charge in [0.25, 0.3) is 5.91 Å². The summed E-state index contributed by atoms with van der Waals surface area (Å²) in [5.74, 6) is 2.04. The minimum Gasteiger partial charge on any atom is -0.494 e. The van der Waals surface area contributed by atoms with Crippen LogP contribution in [-0.2, 0) is 0 Å². The third-order valence-corrected chi connectivity index (χ3v) is 5.77. The third kappa shape index (κ3) is 3.32. The summed E-state index contributed by atoms with van der Waals surface area (Å²) in [5, 5.41) is 3.53. The van der Waals surface area contributed by atoms with Crippen molar-refractivity contribution in [3.05, 3.63) is 75.4 Å². The van der Waals surface area contributed by atoms with Crippen molar-refractivity contribution in [1.29, 1.82) is 0 Å². The second kappa shape index (κ2) is 7.71. The van der Waals surface area contributed by atoms with Gasteiger partial charge in [0.1, 0.15) is 11.9 Å². The SMILES string of the molecule is CCOc1cccc(N2C(=O)c3cc(I)ccc3NC2c2ccc3c(c2)OCO3)c1. The molecule has 1 atom stereocenters. The maximum Gasteiger partial charge on any atom is 0.262 e. The van der Waals surface area contributed by atoms with Gasteiger partial charge in [-0.2, -0.15) is 0 Å². The number of nitrogens with zero attached hydrogens (tertiary/aromatic N) is 1. The zero-order valence-electron chi connectivity index (χ0n) is 16.2. The summed E-state index contributed by atoms with van der Waals surface area (Å²) in [6.07, 6.45) is -0.406. The molecule has 2 aliphatic heterocycles. The maximum absolute atomic E-state index is 13.6. The first-order chi connectivity index (χ1) is 14.6. The predicted molar refractivity (Wildman–Crippen MR) is 123 cm³/mol. The molecule has 0 aromatic heterocycles. The summed E-state index contributed by atoms with van der Waals surface area (Å²) in [6, 6.07) is 19.2. The topological polar surface area (TPSA) is 60.0 Å². The Bertz CT molecular complexity index is 1130. The lowest BCUT2D eigenvalue weighted by molar-refractivity contribution is 0.0974. The van der Waals surface area contributed by atoms with Crippen molar-refractivity contribution in [1.82, 2.24) is 0 Å². The summed E-state index contributed by atoms with van der Waals surface area (Å²) in [6.45, 7) is 2.70. The number of hydrogen-bond donors (Lipinski definition) is 1. The minimum absolute atomic E-state index is 0.0708. The summed E-state index contributed by atoms with van der Waals surface area (Å²) >= 11 is 2.22. The molecule has 0 spiro atoms. The number of benzene rings is 3. The molecular weight excluding hydrogens is 495 g/mol. The van der Waals surface area contributed by atoms with E-state index in [-0.39, 0.29) is 12.7 Å². The zero-order chi connectivity index (χ0) is 20.7. The number of hydrogen-bond acceptors (Lipinski definition) is 5. The normalized spacial score (nSPS) is 16.8. The summed E-state index contributed by atoms with van der Waals surface area (Å²) in [5.41, 5.74) is 3.10. The van der Waals surface area contributed by atoms with Crippen LogP contribution in [0.1, 0.15) is 29.0 Å². The van der Waals surface area contributed by atoms with Crippen LogP contribution in [0.4, 0.5) is 11.4 Å². The van der Waals surface area contributed by atoms with Gasteiger partial charge in [-0.25, -0.2) is 0 Å². The van der Waals surface area contributed by atoms with E-state index in [1.807, 2.05) is 67.6 Å². The minimum atomic E-state index is -0.406. The fourth-order valence-corrected chi connectivity index (χ4v) is 4.24. The second-order valence-corrected chi connectivity index (χ2v) is 8.20. The Morgan fingerprint density at radius 3 is 2.83 bits per heavy atom. The molecule has 0 saturated carbocycles. The molecule has 30 heavy (non-hydrogen) atoms. The first kappa shape index (κ1) is 19.0. The number of amides is 1. The van der Waals surface area contributed by atoms with E-state index in [4.69, 9.17) is 14.2 Å². The van der Waals surface area contributed by atoms with Gasteiger partial charge in [-0.05, 0) is 77.5 Å². The molecule has 0 radical (unpaired) electrons. The lowest BCUT2D eigenvalue weighted by atomic mass is 10.0. The third-order valence-electron chi connectivity index (χ3n) is 5.10. The van der Waals surface area contributed by atoms with Crippen molar-refractivity contribution >= 4 is 39.9 Å². The van der Waals surface area contributed by atoms with Gasteiger partial charge < -0.3 is 19.5 Å². The van der Waals surface area contributed by atoms with Crippen LogP contribution >= 0.6 is 22.6 Å². The van der Waals surface area contributed by atoms with E-state index < -0.39 is 6.17 Å². The number of nitrogens with one attached hydrogen (secondary N) is 1. The molecule has 3 aromatic carbocycles. The van der Waals surface area contributed by atoms with Gasteiger partial charge >= 0.3 is 0 Å². The predicted octanol–water partition coefficient (Wildman–Crippen LogP) is 5.19. The molecule has 2 heterocycles. The van der Waals surface area contributed by atoms with Crippen LogP contribution in [0.5, 0.6) is 17.2 Å². The smallest absolute Gasteiger partial charge is 0.262 e. The summed E-state index contributed by atoms with van der Waals surface area (Å²) < 4.78 is 17.7. The standard InChI is InChI=1S/C23H19IN2O4/c1-2-28-17-5-3-4-16(12-17)26-22(14-6-9-20-21(10-14)30-13-29-20)25-19-8-7-15(24)11-18(19)23(26)27/h3-12,22,25H,2,13H2,1H3. The van der Waals surface area contributed by atoms with Gasteiger partial charge in [0, 0.05) is 15.3 Å². The number of halogens is 1. The fraction of sp³-hybridized carbons (Fsp3) is 0.174.